The molecule has 0 aromatic carbocycles. The van der Waals surface area contributed by atoms with Gasteiger partial charge in [-0.2, -0.15) is 0 Å². The molecule has 1 saturated heterocycles. The number of carbonyl (C=O) groups excluding carboxylic acids is 3. The van der Waals surface area contributed by atoms with Crippen molar-refractivity contribution >= 4 is 34.2 Å². The molecule has 2 aliphatic rings. The zero-order valence-electron chi connectivity index (χ0n) is 15.8. The van der Waals surface area contributed by atoms with E-state index < -0.39 is 11.3 Å². The molecule has 2 atom stereocenters. The van der Waals surface area contributed by atoms with Gasteiger partial charge in [-0.15, -0.1) is 10.2 Å². The highest BCUT2D eigenvalue weighted by Gasteiger charge is 2.64. The van der Waals surface area contributed by atoms with Crippen LogP contribution in [0.2, 0.25) is 0 Å². The van der Waals surface area contributed by atoms with Crippen LogP contribution in [0.25, 0.3) is 0 Å². The first-order valence-corrected chi connectivity index (χ1v) is 10.0. The molecule has 0 spiro atoms. The quantitative estimate of drug-likeness (QED) is 0.768. The Hall–Kier alpha value is -1.83. The van der Waals surface area contributed by atoms with Gasteiger partial charge in [0.2, 0.25) is 22.9 Å². The number of unbranched alkanes of at least 4 members (excludes halogenated alkanes) is 1. The third-order valence-electron chi connectivity index (χ3n) is 6.27. The van der Waals surface area contributed by atoms with Gasteiger partial charge in [-0.1, -0.05) is 45.5 Å². The molecule has 2 heterocycles. The number of aryl methyl sites for hydroxylation is 1. The highest BCUT2D eigenvalue weighted by molar-refractivity contribution is 7.15. The number of hydrogen-bond donors (Lipinski definition) is 1. The SMILES string of the molecule is CCCCc1nnc(NC(=O)CN2C(=O)C3CCC(C)(C2=O)C3(C)C)s1. The van der Waals surface area contributed by atoms with Gasteiger partial charge in [-0.05, 0) is 24.7 Å². The third-order valence-corrected chi connectivity index (χ3v) is 7.17. The molecule has 1 aliphatic carbocycles. The van der Waals surface area contributed by atoms with Gasteiger partial charge < -0.3 is 0 Å². The smallest absolute Gasteiger partial charge is 0.246 e. The minimum absolute atomic E-state index is 0.208. The second-order valence-electron chi connectivity index (χ2n) is 8.03. The van der Waals surface area contributed by atoms with E-state index in [1.807, 2.05) is 20.8 Å². The number of anilines is 1. The summed E-state index contributed by atoms with van der Waals surface area (Å²) in [6.07, 6.45) is 4.31. The van der Waals surface area contributed by atoms with E-state index in [0.717, 1.165) is 29.2 Å². The van der Waals surface area contributed by atoms with Crippen molar-refractivity contribution in [1.82, 2.24) is 15.1 Å². The van der Waals surface area contributed by atoms with E-state index >= 15 is 0 Å². The Morgan fingerprint density at radius 1 is 1.31 bits per heavy atom. The summed E-state index contributed by atoms with van der Waals surface area (Å²) < 4.78 is 0. The van der Waals surface area contributed by atoms with Crippen molar-refractivity contribution in [2.24, 2.45) is 16.7 Å². The van der Waals surface area contributed by atoms with Crippen LogP contribution in [-0.2, 0) is 20.8 Å². The molecule has 2 unspecified atom stereocenters. The van der Waals surface area contributed by atoms with E-state index in [-0.39, 0.29) is 29.7 Å². The Labute approximate surface area is 157 Å². The molecule has 3 amide bonds. The molecule has 1 aliphatic heterocycles. The molecule has 1 aromatic heterocycles. The summed E-state index contributed by atoms with van der Waals surface area (Å²) in [6, 6.07) is 0. The maximum absolute atomic E-state index is 12.9. The fourth-order valence-electron chi connectivity index (χ4n) is 4.09. The number of nitrogens with one attached hydrogen (secondary N) is 1. The summed E-state index contributed by atoms with van der Waals surface area (Å²) in [7, 11) is 0. The predicted molar refractivity (Wildman–Crippen MR) is 98.5 cm³/mol. The second-order valence-corrected chi connectivity index (χ2v) is 9.09. The number of piperidine rings is 1. The van der Waals surface area contributed by atoms with Crippen LogP contribution in [-0.4, -0.2) is 39.4 Å². The molecular weight excluding hydrogens is 352 g/mol. The molecule has 1 aromatic rings. The van der Waals surface area contributed by atoms with Crippen molar-refractivity contribution in [3.05, 3.63) is 5.01 Å². The van der Waals surface area contributed by atoms with Gasteiger partial charge in [0, 0.05) is 12.3 Å². The van der Waals surface area contributed by atoms with Gasteiger partial charge >= 0.3 is 0 Å². The lowest BCUT2D eigenvalue weighted by molar-refractivity contribution is -0.168. The summed E-state index contributed by atoms with van der Waals surface area (Å²) in [5.41, 5.74) is -0.969. The van der Waals surface area contributed by atoms with Crippen LogP contribution in [0.4, 0.5) is 5.13 Å². The average molecular weight is 378 g/mol. The lowest BCUT2D eigenvalue weighted by Crippen LogP contribution is -2.60. The average Bonchev–Trinajstić information content (AvgIpc) is 3.09. The van der Waals surface area contributed by atoms with E-state index in [0.29, 0.717) is 18.0 Å². The Morgan fingerprint density at radius 3 is 2.73 bits per heavy atom. The summed E-state index contributed by atoms with van der Waals surface area (Å²) >= 11 is 1.33. The zero-order valence-corrected chi connectivity index (χ0v) is 16.6. The van der Waals surface area contributed by atoms with Gasteiger partial charge in [0.25, 0.3) is 0 Å². The van der Waals surface area contributed by atoms with Gasteiger partial charge in [-0.3, -0.25) is 24.6 Å². The third kappa shape index (κ3) is 2.94. The molecule has 0 radical (unpaired) electrons. The molecule has 2 fully saturated rings. The maximum atomic E-state index is 12.9. The van der Waals surface area contributed by atoms with E-state index in [1.54, 1.807) is 0 Å². The molecule has 7 nitrogen and oxygen atoms in total. The Balaban J connectivity index is 1.67. The summed E-state index contributed by atoms with van der Waals surface area (Å²) in [6.45, 7) is 7.72. The van der Waals surface area contributed by atoms with Crippen LogP contribution in [0, 0.1) is 16.7 Å². The number of fused-ring (bicyclic) bond motifs is 2. The van der Waals surface area contributed by atoms with Crippen molar-refractivity contribution in [3.63, 3.8) is 0 Å². The number of aromatic nitrogens is 2. The van der Waals surface area contributed by atoms with Crippen molar-refractivity contribution in [3.8, 4) is 0 Å². The fourth-order valence-corrected chi connectivity index (χ4v) is 4.88. The summed E-state index contributed by atoms with van der Waals surface area (Å²) in [4.78, 5) is 39.2. The Morgan fingerprint density at radius 2 is 2.04 bits per heavy atom. The van der Waals surface area contributed by atoms with Gasteiger partial charge in [0.1, 0.15) is 11.6 Å². The molecule has 26 heavy (non-hydrogen) atoms. The lowest BCUT2D eigenvalue weighted by atomic mass is 9.62. The lowest BCUT2D eigenvalue weighted by Gasteiger charge is -2.47. The maximum Gasteiger partial charge on any atom is 0.246 e. The first kappa shape index (κ1) is 18.9. The number of imide groups is 1. The number of amides is 3. The van der Waals surface area contributed by atoms with Crippen LogP contribution in [0.15, 0.2) is 0 Å². The molecule has 2 bridgehead atoms. The number of nitrogens with zero attached hydrogens (tertiary/aromatic N) is 3. The molecule has 1 saturated carbocycles. The topological polar surface area (TPSA) is 92.3 Å². The molecule has 3 rings (SSSR count). The largest absolute Gasteiger partial charge is 0.299 e. The number of rotatable bonds is 6. The fraction of sp³-hybridized carbons (Fsp3) is 0.722. The number of hydrogen-bond acceptors (Lipinski definition) is 6. The first-order valence-electron chi connectivity index (χ1n) is 9.18. The van der Waals surface area contributed by atoms with Crippen LogP contribution in [0.3, 0.4) is 0 Å². The monoisotopic (exact) mass is 378 g/mol. The van der Waals surface area contributed by atoms with E-state index in [9.17, 15) is 14.4 Å². The van der Waals surface area contributed by atoms with Crippen molar-refractivity contribution in [1.29, 1.82) is 0 Å². The van der Waals surface area contributed by atoms with Crippen LogP contribution in [0.5, 0.6) is 0 Å². The highest BCUT2D eigenvalue weighted by Crippen LogP contribution is 2.59. The molecule has 142 valence electrons. The van der Waals surface area contributed by atoms with E-state index in [1.165, 1.54) is 11.3 Å². The van der Waals surface area contributed by atoms with Gasteiger partial charge in [-0.25, -0.2) is 0 Å². The minimum atomic E-state index is -0.595. The molecule has 1 N–H and O–H groups in total. The number of likely N-dealkylation sites (tertiary alicyclic amines) is 1. The second kappa shape index (κ2) is 6.72. The van der Waals surface area contributed by atoms with Gasteiger partial charge in [0.15, 0.2) is 0 Å². The van der Waals surface area contributed by atoms with Crippen molar-refractivity contribution < 1.29 is 14.4 Å². The molecule has 8 heteroatoms. The van der Waals surface area contributed by atoms with E-state index in [4.69, 9.17) is 0 Å². The van der Waals surface area contributed by atoms with E-state index in [2.05, 4.69) is 22.4 Å². The zero-order chi connectivity index (χ0) is 19.1. The summed E-state index contributed by atoms with van der Waals surface area (Å²) in [5, 5.41) is 12.0. The van der Waals surface area contributed by atoms with Crippen molar-refractivity contribution in [2.75, 3.05) is 11.9 Å². The summed E-state index contributed by atoms with van der Waals surface area (Å²) in [5.74, 6) is -1.09. The Kier molecular flexibility index (Phi) is 4.90. The molecular formula is C18H26N4O3S. The predicted octanol–water partition coefficient (Wildman–Crippen LogP) is 2.63. The van der Waals surface area contributed by atoms with Gasteiger partial charge in [0.05, 0.1) is 5.41 Å². The first-order chi connectivity index (χ1) is 12.2. The Bertz CT molecular complexity index is 745. The highest BCUT2D eigenvalue weighted by atomic mass is 32.1. The van der Waals surface area contributed by atoms with Crippen molar-refractivity contribution in [2.45, 2.75) is 59.8 Å². The minimum Gasteiger partial charge on any atom is -0.299 e. The van der Waals surface area contributed by atoms with Crippen LogP contribution < -0.4 is 5.32 Å². The van der Waals surface area contributed by atoms with Crippen LogP contribution >= 0.6 is 11.3 Å². The normalized spacial score (nSPS) is 27.1. The van der Waals surface area contributed by atoms with Crippen LogP contribution in [0.1, 0.15) is 58.4 Å². The standard InChI is InChI=1S/C18H26N4O3S/c1-5-6-7-13-20-21-16(26-13)19-12(23)10-22-14(24)11-8-9-18(4,15(22)25)17(11,2)3/h11H,5-10H2,1-4H3,(H,19,21,23). The number of carbonyl (C=O) groups is 3.